The Morgan fingerprint density at radius 1 is 1.64 bits per heavy atom. The Bertz CT molecular complexity index is 383. The van der Waals surface area contributed by atoms with Crippen molar-refractivity contribution < 1.29 is 13.0 Å². The first kappa shape index (κ1) is 12.2. The van der Waals surface area contributed by atoms with Crippen LogP contribution in [0.15, 0.2) is 23.1 Å². The molecule has 14 heavy (non-hydrogen) atoms. The highest BCUT2D eigenvalue weighted by Crippen LogP contribution is 2.39. The molecular weight excluding hydrogens is 315 g/mol. The summed E-state index contributed by atoms with van der Waals surface area (Å²) in [5.74, 6) is 0.276. The lowest BCUT2D eigenvalue weighted by atomic mass is 9.88. The van der Waals surface area contributed by atoms with E-state index in [-0.39, 0.29) is 14.2 Å². The highest BCUT2D eigenvalue weighted by atomic mass is 127. The van der Waals surface area contributed by atoms with Gasteiger partial charge in [-0.15, -0.1) is 0 Å². The molecule has 0 spiro atoms. The van der Waals surface area contributed by atoms with Gasteiger partial charge >= 0.3 is 0 Å². The summed E-state index contributed by atoms with van der Waals surface area (Å²) in [6, 6.07) is 0. The van der Waals surface area contributed by atoms with E-state index >= 15 is 0 Å². The molecule has 0 aromatic heterocycles. The van der Waals surface area contributed by atoms with E-state index in [0.717, 1.165) is 6.42 Å². The largest absolute Gasteiger partial charge is 0.294 e. The summed E-state index contributed by atoms with van der Waals surface area (Å²) >= 11 is 2.23. The van der Waals surface area contributed by atoms with Gasteiger partial charge < -0.3 is 0 Å². The first-order chi connectivity index (χ1) is 6.29. The van der Waals surface area contributed by atoms with Gasteiger partial charge in [0, 0.05) is 3.42 Å². The molecule has 0 fully saturated rings. The normalized spacial score (nSPS) is 32.9. The van der Waals surface area contributed by atoms with Crippen LogP contribution in [0.4, 0.5) is 0 Å². The van der Waals surface area contributed by atoms with Gasteiger partial charge in [0.2, 0.25) is 0 Å². The van der Waals surface area contributed by atoms with E-state index in [1.54, 1.807) is 6.08 Å². The first-order valence-electron chi connectivity index (χ1n) is 4.37. The quantitative estimate of drug-likeness (QED) is 0.481. The third-order valence-corrected chi connectivity index (χ3v) is 5.43. The van der Waals surface area contributed by atoms with Gasteiger partial charge in [-0.25, -0.2) is 0 Å². The second-order valence-electron chi connectivity index (χ2n) is 3.45. The minimum absolute atomic E-state index is 0.00634. The smallest absolute Gasteiger partial charge is 0.282 e. The van der Waals surface area contributed by atoms with Gasteiger partial charge in [0.1, 0.15) is 0 Å². The van der Waals surface area contributed by atoms with Crippen LogP contribution in [0.3, 0.4) is 0 Å². The highest BCUT2D eigenvalue weighted by molar-refractivity contribution is 14.1. The maximum atomic E-state index is 10.9. The van der Waals surface area contributed by atoms with Crippen LogP contribution in [-0.2, 0) is 10.1 Å². The van der Waals surface area contributed by atoms with E-state index in [2.05, 4.69) is 22.6 Å². The SMILES string of the molecule is CCC1(I)C=C(S(=O)(=O)O)C=CC1C. The van der Waals surface area contributed by atoms with Gasteiger partial charge in [-0.1, -0.05) is 42.5 Å². The first-order valence-corrected chi connectivity index (χ1v) is 6.89. The highest BCUT2D eigenvalue weighted by Gasteiger charge is 2.32. The fourth-order valence-corrected chi connectivity index (χ4v) is 2.76. The molecule has 1 N–H and O–H groups in total. The van der Waals surface area contributed by atoms with Crippen molar-refractivity contribution in [1.82, 2.24) is 0 Å². The predicted molar refractivity (Wildman–Crippen MR) is 65.0 cm³/mol. The van der Waals surface area contributed by atoms with Gasteiger partial charge in [-0.2, -0.15) is 8.42 Å². The summed E-state index contributed by atoms with van der Waals surface area (Å²) < 4.78 is 30.6. The van der Waals surface area contributed by atoms with Crippen molar-refractivity contribution in [2.45, 2.75) is 23.7 Å². The second kappa shape index (κ2) is 3.94. The monoisotopic (exact) mass is 328 g/mol. The predicted octanol–water partition coefficient (Wildman–Crippen LogP) is 2.55. The standard InChI is InChI=1S/C9H13IO3S/c1-3-9(10)6-8(14(11,12)13)5-4-7(9)2/h4-7H,3H2,1-2H3,(H,11,12,13). The Labute approximate surface area is 98.2 Å². The number of rotatable bonds is 2. The average Bonchev–Trinajstić information content (AvgIpc) is 2.08. The topological polar surface area (TPSA) is 54.4 Å². The molecule has 5 heteroatoms. The van der Waals surface area contributed by atoms with Gasteiger partial charge in [0.05, 0.1) is 4.91 Å². The number of allylic oxidation sites excluding steroid dienone is 3. The summed E-state index contributed by atoms with van der Waals surface area (Å²) in [5.41, 5.74) is 0. The van der Waals surface area contributed by atoms with Gasteiger partial charge in [0.15, 0.2) is 0 Å². The molecule has 0 aromatic carbocycles. The van der Waals surface area contributed by atoms with Crippen molar-refractivity contribution in [2.75, 3.05) is 0 Å². The Balaban J connectivity index is 3.16. The third kappa shape index (κ3) is 2.38. The Morgan fingerprint density at radius 3 is 2.64 bits per heavy atom. The van der Waals surface area contributed by atoms with Crippen LogP contribution in [0, 0.1) is 5.92 Å². The van der Waals surface area contributed by atoms with Crippen molar-refractivity contribution in [3.8, 4) is 0 Å². The van der Waals surface area contributed by atoms with Crippen molar-refractivity contribution in [3.05, 3.63) is 23.1 Å². The molecule has 80 valence electrons. The summed E-state index contributed by atoms with van der Waals surface area (Å²) in [6.45, 7) is 4.03. The number of hydrogen-bond donors (Lipinski definition) is 1. The van der Waals surface area contributed by atoms with E-state index in [4.69, 9.17) is 4.55 Å². The fourth-order valence-electron chi connectivity index (χ4n) is 1.40. The Kier molecular flexibility index (Phi) is 3.43. The van der Waals surface area contributed by atoms with Crippen molar-refractivity contribution in [3.63, 3.8) is 0 Å². The van der Waals surface area contributed by atoms with E-state index in [0.29, 0.717) is 0 Å². The average molecular weight is 328 g/mol. The maximum Gasteiger partial charge on any atom is 0.294 e. The zero-order chi connectivity index (χ0) is 11.0. The van der Waals surface area contributed by atoms with Crippen LogP contribution in [0.1, 0.15) is 20.3 Å². The van der Waals surface area contributed by atoms with Gasteiger partial charge in [-0.3, -0.25) is 4.55 Å². The lowest BCUT2D eigenvalue weighted by Gasteiger charge is -2.30. The summed E-state index contributed by atoms with van der Waals surface area (Å²) in [5, 5.41) is 0. The Morgan fingerprint density at radius 2 is 2.21 bits per heavy atom. The van der Waals surface area contributed by atoms with Crippen LogP contribution in [0.5, 0.6) is 0 Å². The molecule has 1 aliphatic rings. The lowest BCUT2D eigenvalue weighted by Crippen LogP contribution is -2.28. The minimum atomic E-state index is -4.06. The van der Waals surface area contributed by atoms with Gasteiger partial charge in [0.25, 0.3) is 10.1 Å². The molecular formula is C9H13IO3S. The lowest BCUT2D eigenvalue weighted by molar-refractivity contribution is 0.489. The minimum Gasteiger partial charge on any atom is -0.282 e. The molecule has 0 amide bonds. The van der Waals surface area contributed by atoms with E-state index in [9.17, 15) is 8.42 Å². The molecule has 0 saturated heterocycles. The number of hydrogen-bond acceptors (Lipinski definition) is 2. The zero-order valence-corrected chi connectivity index (χ0v) is 11.0. The van der Waals surface area contributed by atoms with Crippen LogP contribution in [0.2, 0.25) is 0 Å². The zero-order valence-electron chi connectivity index (χ0n) is 8.07. The van der Waals surface area contributed by atoms with Crippen LogP contribution < -0.4 is 0 Å². The molecule has 0 bridgehead atoms. The van der Waals surface area contributed by atoms with Crippen molar-refractivity contribution >= 4 is 32.7 Å². The van der Waals surface area contributed by atoms with E-state index in [1.165, 1.54) is 6.08 Å². The second-order valence-corrected chi connectivity index (χ2v) is 6.88. The molecule has 2 unspecified atom stereocenters. The summed E-state index contributed by atoms with van der Waals surface area (Å²) in [7, 11) is -4.06. The number of halogens is 1. The molecule has 0 heterocycles. The third-order valence-electron chi connectivity index (χ3n) is 2.53. The van der Waals surface area contributed by atoms with Crippen LogP contribution in [-0.4, -0.2) is 16.4 Å². The Hall–Kier alpha value is 0.120. The van der Waals surface area contributed by atoms with Crippen LogP contribution >= 0.6 is 22.6 Å². The maximum absolute atomic E-state index is 10.9. The molecule has 1 aliphatic carbocycles. The molecule has 0 saturated carbocycles. The van der Waals surface area contributed by atoms with Gasteiger partial charge in [-0.05, 0) is 24.5 Å². The molecule has 0 aromatic rings. The molecule has 0 radical (unpaired) electrons. The van der Waals surface area contributed by atoms with Crippen molar-refractivity contribution in [1.29, 1.82) is 0 Å². The van der Waals surface area contributed by atoms with E-state index in [1.807, 2.05) is 19.9 Å². The van der Waals surface area contributed by atoms with Crippen molar-refractivity contribution in [2.24, 2.45) is 5.92 Å². The van der Waals surface area contributed by atoms with Crippen LogP contribution in [0.25, 0.3) is 0 Å². The summed E-state index contributed by atoms with van der Waals surface area (Å²) in [4.78, 5) is 0.00634. The molecule has 0 aliphatic heterocycles. The molecule has 1 rings (SSSR count). The molecule has 3 nitrogen and oxygen atoms in total. The van der Waals surface area contributed by atoms with E-state index < -0.39 is 10.1 Å². The summed E-state index contributed by atoms with van der Waals surface area (Å²) in [6.07, 6.45) is 5.75. The molecule has 2 atom stereocenters. The fraction of sp³-hybridized carbons (Fsp3) is 0.556. The number of alkyl halides is 1.